The molecular formula is C8H12FNO. The van der Waals surface area contributed by atoms with Gasteiger partial charge in [-0.1, -0.05) is 6.08 Å². The number of hydrogen-bond donors (Lipinski definition) is 1. The molecule has 0 saturated heterocycles. The van der Waals surface area contributed by atoms with Crippen LogP contribution in [0.3, 0.4) is 0 Å². The number of ether oxygens (including phenoxy) is 1. The highest BCUT2D eigenvalue weighted by Crippen LogP contribution is 2.20. The van der Waals surface area contributed by atoms with Gasteiger partial charge in [-0.05, 0) is 11.6 Å². The molecule has 0 aromatic carbocycles. The fourth-order valence-electron chi connectivity index (χ4n) is 1.06. The highest BCUT2D eigenvalue weighted by atomic mass is 19.1. The summed E-state index contributed by atoms with van der Waals surface area (Å²) in [6.45, 7) is 0.274. The van der Waals surface area contributed by atoms with Gasteiger partial charge < -0.3 is 10.5 Å². The first-order valence-electron chi connectivity index (χ1n) is 3.56. The maximum Gasteiger partial charge on any atom is 0.123 e. The van der Waals surface area contributed by atoms with Gasteiger partial charge in [0.15, 0.2) is 0 Å². The molecule has 1 rings (SSSR count). The van der Waals surface area contributed by atoms with E-state index >= 15 is 0 Å². The Kier molecular flexibility index (Phi) is 2.79. The summed E-state index contributed by atoms with van der Waals surface area (Å²) in [4.78, 5) is 0. The normalized spacial score (nSPS) is 24.5. The lowest BCUT2D eigenvalue weighted by Gasteiger charge is -2.16. The van der Waals surface area contributed by atoms with E-state index < -0.39 is 0 Å². The minimum absolute atomic E-state index is 0.00644. The van der Waals surface area contributed by atoms with Gasteiger partial charge in [0.2, 0.25) is 0 Å². The molecule has 11 heavy (non-hydrogen) atoms. The van der Waals surface area contributed by atoms with E-state index in [4.69, 9.17) is 10.5 Å². The van der Waals surface area contributed by atoms with E-state index in [0.717, 1.165) is 0 Å². The molecule has 1 aliphatic rings. The number of allylic oxidation sites excluding steroid dienone is 2. The summed E-state index contributed by atoms with van der Waals surface area (Å²) in [5.74, 6) is -0.208. The van der Waals surface area contributed by atoms with Crippen molar-refractivity contribution in [2.75, 3.05) is 13.7 Å². The van der Waals surface area contributed by atoms with Crippen LogP contribution >= 0.6 is 0 Å². The second-order valence-electron chi connectivity index (χ2n) is 2.49. The molecule has 0 spiro atoms. The van der Waals surface area contributed by atoms with Crippen LogP contribution in [-0.4, -0.2) is 19.8 Å². The zero-order chi connectivity index (χ0) is 8.27. The number of halogens is 1. The van der Waals surface area contributed by atoms with E-state index in [-0.39, 0.29) is 18.5 Å². The van der Waals surface area contributed by atoms with Crippen molar-refractivity contribution in [1.82, 2.24) is 0 Å². The molecular weight excluding hydrogens is 145 g/mol. The van der Waals surface area contributed by atoms with Gasteiger partial charge in [-0.15, -0.1) is 0 Å². The van der Waals surface area contributed by atoms with E-state index in [1.165, 1.54) is 6.08 Å². The fraction of sp³-hybridized carbons (Fsp3) is 0.500. The Bertz CT molecular complexity index is 198. The molecule has 0 radical (unpaired) electrons. The van der Waals surface area contributed by atoms with Gasteiger partial charge in [-0.2, -0.15) is 0 Å². The number of rotatable bonds is 2. The predicted molar refractivity (Wildman–Crippen MR) is 41.7 cm³/mol. The lowest BCUT2D eigenvalue weighted by molar-refractivity contribution is 0.138. The summed E-state index contributed by atoms with van der Waals surface area (Å²) >= 11 is 0. The van der Waals surface area contributed by atoms with Crippen LogP contribution in [-0.2, 0) is 4.74 Å². The maximum absolute atomic E-state index is 12.8. The molecule has 1 atom stereocenters. The number of methoxy groups -OCH3 is 1. The third-order valence-corrected chi connectivity index (χ3v) is 1.79. The van der Waals surface area contributed by atoms with E-state index in [1.54, 1.807) is 13.2 Å². The fourth-order valence-corrected chi connectivity index (χ4v) is 1.06. The third kappa shape index (κ3) is 1.88. The minimum atomic E-state index is -0.208. The van der Waals surface area contributed by atoms with Crippen molar-refractivity contribution in [1.29, 1.82) is 0 Å². The molecule has 0 aromatic rings. The molecule has 0 heterocycles. The van der Waals surface area contributed by atoms with Gasteiger partial charge in [-0.25, -0.2) is 4.39 Å². The van der Waals surface area contributed by atoms with Crippen LogP contribution in [0.5, 0.6) is 0 Å². The molecule has 0 saturated carbocycles. The van der Waals surface area contributed by atoms with Gasteiger partial charge in [0.1, 0.15) is 5.83 Å². The van der Waals surface area contributed by atoms with Crippen LogP contribution in [0.2, 0.25) is 0 Å². The van der Waals surface area contributed by atoms with Crippen molar-refractivity contribution in [3.63, 3.8) is 0 Å². The van der Waals surface area contributed by atoms with Crippen molar-refractivity contribution in [2.24, 2.45) is 5.73 Å². The van der Waals surface area contributed by atoms with Gasteiger partial charge >= 0.3 is 0 Å². The number of nitrogens with two attached hydrogens (primary N) is 1. The predicted octanol–water partition coefficient (Wildman–Crippen LogP) is 1.14. The minimum Gasteiger partial charge on any atom is -0.377 e. The Hall–Kier alpha value is -0.670. The SMILES string of the molecule is COC1C=CC(F)=C(CN)C1. The molecule has 1 aliphatic carbocycles. The van der Waals surface area contributed by atoms with Gasteiger partial charge in [0.25, 0.3) is 0 Å². The lowest BCUT2D eigenvalue weighted by atomic mass is 10.0. The molecule has 0 fully saturated rings. The molecule has 1 unspecified atom stereocenters. The molecule has 0 bridgehead atoms. The molecule has 2 nitrogen and oxygen atoms in total. The Labute approximate surface area is 65.5 Å². The largest absolute Gasteiger partial charge is 0.377 e. The molecule has 0 aliphatic heterocycles. The van der Waals surface area contributed by atoms with Gasteiger partial charge in [0.05, 0.1) is 6.10 Å². The highest BCUT2D eigenvalue weighted by Gasteiger charge is 2.14. The monoisotopic (exact) mass is 157 g/mol. The van der Waals surface area contributed by atoms with E-state index in [0.29, 0.717) is 12.0 Å². The average molecular weight is 157 g/mol. The zero-order valence-electron chi connectivity index (χ0n) is 6.51. The topological polar surface area (TPSA) is 35.2 Å². The van der Waals surface area contributed by atoms with Crippen molar-refractivity contribution in [3.05, 3.63) is 23.6 Å². The second kappa shape index (κ2) is 3.64. The molecule has 3 heteroatoms. The summed E-state index contributed by atoms with van der Waals surface area (Å²) in [6, 6.07) is 0. The van der Waals surface area contributed by atoms with Crippen molar-refractivity contribution >= 4 is 0 Å². The third-order valence-electron chi connectivity index (χ3n) is 1.79. The average Bonchev–Trinajstić information content (AvgIpc) is 2.05. The van der Waals surface area contributed by atoms with Crippen LogP contribution < -0.4 is 5.73 Å². The second-order valence-corrected chi connectivity index (χ2v) is 2.49. The van der Waals surface area contributed by atoms with Crippen LogP contribution in [0.25, 0.3) is 0 Å². The Morgan fingerprint density at radius 2 is 2.55 bits per heavy atom. The maximum atomic E-state index is 12.8. The van der Waals surface area contributed by atoms with Gasteiger partial charge in [0, 0.05) is 20.1 Å². The highest BCUT2D eigenvalue weighted by molar-refractivity contribution is 5.27. The number of hydrogen-bond acceptors (Lipinski definition) is 2. The smallest absolute Gasteiger partial charge is 0.123 e. The summed E-state index contributed by atoms with van der Waals surface area (Å²) in [5.41, 5.74) is 5.96. The van der Waals surface area contributed by atoms with E-state index in [2.05, 4.69) is 0 Å². The Morgan fingerprint density at radius 1 is 1.82 bits per heavy atom. The van der Waals surface area contributed by atoms with Gasteiger partial charge in [-0.3, -0.25) is 0 Å². The van der Waals surface area contributed by atoms with Crippen LogP contribution in [0.4, 0.5) is 4.39 Å². The molecule has 0 aromatic heterocycles. The summed E-state index contributed by atoms with van der Waals surface area (Å²) in [7, 11) is 1.60. The van der Waals surface area contributed by atoms with Crippen molar-refractivity contribution in [2.45, 2.75) is 12.5 Å². The Balaban J connectivity index is 2.67. The van der Waals surface area contributed by atoms with E-state index in [9.17, 15) is 4.39 Å². The summed E-state index contributed by atoms with van der Waals surface area (Å²) in [5, 5.41) is 0. The first-order valence-corrected chi connectivity index (χ1v) is 3.56. The first kappa shape index (κ1) is 8.43. The van der Waals surface area contributed by atoms with Crippen LogP contribution in [0.15, 0.2) is 23.6 Å². The molecule has 2 N–H and O–H groups in total. The summed E-state index contributed by atoms with van der Waals surface area (Å²) < 4.78 is 17.8. The van der Waals surface area contributed by atoms with Crippen molar-refractivity contribution < 1.29 is 9.13 Å². The standard InChI is InChI=1S/C8H12FNO/c1-11-7-2-3-8(9)6(4-7)5-10/h2-3,7H,4-5,10H2,1H3. The van der Waals surface area contributed by atoms with Crippen LogP contribution in [0.1, 0.15) is 6.42 Å². The van der Waals surface area contributed by atoms with E-state index in [1.807, 2.05) is 0 Å². The van der Waals surface area contributed by atoms with Crippen LogP contribution in [0, 0.1) is 0 Å². The lowest BCUT2D eigenvalue weighted by Crippen LogP contribution is -2.16. The molecule has 62 valence electrons. The first-order chi connectivity index (χ1) is 5.27. The van der Waals surface area contributed by atoms with Crippen molar-refractivity contribution in [3.8, 4) is 0 Å². The Morgan fingerprint density at radius 3 is 3.09 bits per heavy atom. The molecule has 0 amide bonds. The zero-order valence-corrected chi connectivity index (χ0v) is 6.51. The summed E-state index contributed by atoms with van der Waals surface area (Å²) in [6.07, 6.45) is 3.69. The quantitative estimate of drug-likeness (QED) is 0.652.